The molecule has 1 unspecified atom stereocenters. The van der Waals surface area contributed by atoms with E-state index in [1.807, 2.05) is 0 Å². The van der Waals surface area contributed by atoms with Crippen LogP contribution in [-0.2, 0) is 31.6 Å². The number of hydrogen-bond donors (Lipinski definition) is 0. The molecule has 7 heteroatoms. The molecule has 1 aliphatic rings. The zero-order chi connectivity index (χ0) is 19.8. The van der Waals surface area contributed by atoms with Gasteiger partial charge in [0.1, 0.15) is 0 Å². The number of esters is 1. The first kappa shape index (κ1) is 21.7. The van der Waals surface area contributed by atoms with Gasteiger partial charge in [0, 0.05) is 13.2 Å². The third-order valence-corrected chi connectivity index (χ3v) is 4.52. The van der Waals surface area contributed by atoms with Crippen LogP contribution in [0.5, 0.6) is 0 Å². The summed E-state index contributed by atoms with van der Waals surface area (Å²) in [5.41, 5.74) is -0.629. The molecule has 4 nitrogen and oxygen atoms in total. The number of hydrogen-bond acceptors (Lipinski definition) is 4. The maximum atomic E-state index is 12.7. The lowest BCUT2D eigenvalue weighted by Crippen LogP contribution is -2.27. The van der Waals surface area contributed by atoms with Gasteiger partial charge < -0.3 is 14.2 Å². The normalized spacial score (nSPS) is 19.1. The number of unbranched alkanes of at least 4 members (excludes halogenated alkanes) is 2. The number of rotatable bonds is 12. The van der Waals surface area contributed by atoms with Crippen LogP contribution < -0.4 is 0 Å². The Morgan fingerprint density at radius 1 is 1.19 bits per heavy atom. The molecule has 1 aromatic carbocycles. The number of carbonyl (C=O) groups excluding carboxylic acids is 1. The van der Waals surface area contributed by atoms with Gasteiger partial charge in [-0.15, -0.1) is 0 Å². The van der Waals surface area contributed by atoms with Crippen LogP contribution in [0, 0.1) is 0 Å². The van der Waals surface area contributed by atoms with Crippen molar-refractivity contribution in [3.05, 3.63) is 35.4 Å². The van der Waals surface area contributed by atoms with Crippen LogP contribution in [-0.4, -0.2) is 38.0 Å². The predicted molar refractivity (Wildman–Crippen MR) is 94.4 cm³/mol. The van der Waals surface area contributed by atoms with Crippen molar-refractivity contribution in [3.63, 3.8) is 0 Å². The molecule has 0 aromatic heterocycles. The minimum absolute atomic E-state index is 0.277. The van der Waals surface area contributed by atoms with Crippen LogP contribution in [0.25, 0.3) is 0 Å². The Kier molecular flexibility index (Phi) is 8.10. The molecular weight excluding hydrogens is 361 g/mol. The van der Waals surface area contributed by atoms with Gasteiger partial charge in [-0.1, -0.05) is 18.2 Å². The maximum Gasteiger partial charge on any atom is 0.416 e. The summed E-state index contributed by atoms with van der Waals surface area (Å²) in [4.78, 5) is 11.7. The zero-order valence-corrected chi connectivity index (χ0v) is 15.6. The third kappa shape index (κ3) is 7.14. The van der Waals surface area contributed by atoms with Crippen LogP contribution in [0.2, 0.25) is 0 Å². The van der Waals surface area contributed by atoms with E-state index in [0.717, 1.165) is 31.7 Å². The van der Waals surface area contributed by atoms with E-state index in [2.05, 4.69) is 0 Å². The molecular formula is C20H27F3O4. The topological polar surface area (TPSA) is 48.1 Å². The Balaban J connectivity index is 1.50. The number of aryl methyl sites for hydroxylation is 1. The van der Waals surface area contributed by atoms with Gasteiger partial charge in [-0.3, -0.25) is 0 Å². The molecule has 0 amide bonds. The van der Waals surface area contributed by atoms with Gasteiger partial charge >= 0.3 is 12.1 Å². The first-order chi connectivity index (χ1) is 12.9. The van der Waals surface area contributed by atoms with Crippen molar-refractivity contribution in [2.75, 3.05) is 26.4 Å². The summed E-state index contributed by atoms with van der Waals surface area (Å²) in [6, 6.07) is 5.46. The molecule has 0 radical (unpaired) electrons. The Morgan fingerprint density at radius 3 is 2.52 bits per heavy atom. The van der Waals surface area contributed by atoms with E-state index < -0.39 is 17.3 Å². The molecule has 0 spiro atoms. The van der Waals surface area contributed by atoms with E-state index in [4.69, 9.17) is 14.2 Å². The smallest absolute Gasteiger partial charge is 0.416 e. The summed E-state index contributed by atoms with van der Waals surface area (Å²) in [7, 11) is 0. The number of halogens is 3. The fraction of sp³-hybridized carbons (Fsp3) is 0.650. The fourth-order valence-corrected chi connectivity index (χ4v) is 2.87. The van der Waals surface area contributed by atoms with E-state index in [0.29, 0.717) is 44.8 Å². The number of benzene rings is 1. The van der Waals surface area contributed by atoms with Gasteiger partial charge in [0.05, 0.1) is 18.8 Å². The highest BCUT2D eigenvalue weighted by molar-refractivity contribution is 5.82. The molecule has 27 heavy (non-hydrogen) atoms. The van der Waals surface area contributed by atoms with Crippen LogP contribution >= 0.6 is 0 Å². The summed E-state index contributed by atoms with van der Waals surface area (Å²) >= 11 is 0. The van der Waals surface area contributed by atoms with Crippen molar-refractivity contribution >= 4 is 5.97 Å². The summed E-state index contributed by atoms with van der Waals surface area (Å²) in [5, 5.41) is 0. The molecule has 152 valence electrons. The third-order valence-electron chi connectivity index (χ3n) is 4.52. The number of epoxide rings is 1. The quantitative estimate of drug-likeness (QED) is 0.299. The van der Waals surface area contributed by atoms with Gasteiger partial charge in [-0.25, -0.2) is 4.79 Å². The van der Waals surface area contributed by atoms with E-state index in [9.17, 15) is 18.0 Å². The lowest BCUT2D eigenvalue weighted by Gasteiger charge is -2.10. The second-order valence-electron chi connectivity index (χ2n) is 6.73. The second kappa shape index (κ2) is 10.1. The molecule has 1 aliphatic heterocycles. The molecule has 0 N–H and O–H groups in total. The summed E-state index contributed by atoms with van der Waals surface area (Å²) < 4.78 is 53.8. The largest absolute Gasteiger partial charge is 0.464 e. The Morgan fingerprint density at radius 2 is 1.89 bits per heavy atom. The van der Waals surface area contributed by atoms with Gasteiger partial charge in [0.2, 0.25) is 0 Å². The van der Waals surface area contributed by atoms with Crippen molar-refractivity contribution in [1.82, 2.24) is 0 Å². The van der Waals surface area contributed by atoms with E-state index in [1.165, 1.54) is 12.1 Å². The highest BCUT2D eigenvalue weighted by Gasteiger charge is 2.52. The highest BCUT2D eigenvalue weighted by atomic mass is 19.4. The number of ether oxygens (including phenoxy) is 3. The van der Waals surface area contributed by atoms with Crippen molar-refractivity contribution in [3.8, 4) is 0 Å². The average Bonchev–Trinajstić information content (AvgIpc) is 3.41. The predicted octanol–water partition coefficient (Wildman–Crippen LogP) is 4.55. The fourth-order valence-electron chi connectivity index (χ4n) is 2.87. The molecule has 1 fully saturated rings. The van der Waals surface area contributed by atoms with Crippen LogP contribution in [0.3, 0.4) is 0 Å². The number of alkyl halides is 3. The average molecular weight is 388 g/mol. The Hall–Kier alpha value is -1.60. The van der Waals surface area contributed by atoms with Crippen molar-refractivity contribution in [1.29, 1.82) is 0 Å². The second-order valence-corrected chi connectivity index (χ2v) is 6.73. The molecule has 0 bridgehead atoms. The minimum atomic E-state index is -4.30. The van der Waals surface area contributed by atoms with Crippen molar-refractivity contribution < 1.29 is 32.2 Å². The van der Waals surface area contributed by atoms with E-state index in [-0.39, 0.29) is 5.97 Å². The standard InChI is InChI=1S/C20H27F3O4/c1-2-26-18(24)19(15-27-19)11-4-6-13-25-12-5-3-8-16-9-7-10-17(14-16)20(21,22)23/h7,9-10,14H,2-6,8,11-13,15H2,1H3. The molecule has 1 heterocycles. The Labute approximate surface area is 158 Å². The van der Waals surface area contributed by atoms with Gasteiger partial charge in [0.25, 0.3) is 0 Å². The summed E-state index contributed by atoms with van der Waals surface area (Å²) in [6.45, 7) is 3.74. The molecule has 1 aromatic rings. The monoisotopic (exact) mass is 388 g/mol. The maximum absolute atomic E-state index is 12.7. The van der Waals surface area contributed by atoms with Crippen LogP contribution in [0.15, 0.2) is 24.3 Å². The minimum Gasteiger partial charge on any atom is -0.464 e. The zero-order valence-electron chi connectivity index (χ0n) is 15.6. The van der Waals surface area contributed by atoms with E-state index >= 15 is 0 Å². The molecule has 2 rings (SSSR count). The lowest BCUT2D eigenvalue weighted by molar-refractivity contribution is -0.149. The SMILES string of the molecule is CCOC(=O)C1(CCCCOCCCCc2cccc(C(F)(F)F)c2)CO1. The highest BCUT2D eigenvalue weighted by Crippen LogP contribution is 2.34. The summed E-state index contributed by atoms with van der Waals surface area (Å²) in [6.07, 6.45) is 0.183. The molecule has 0 aliphatic carbocycles. The van der Waals surface area contributed by atoms with E-state index in [1.54, 1.807) is 13.0 Å². The Bertz CT molecular complexity index is 597. The van der Waals surface area contributed by atoms with Gasteiger partial charge in [-0.05, 0) is 57.1 Å². The van der Waals surface area contributed by atoms with Crippen LogP contribution in [0.4, 0.5) is 13.2 Å². The first-order valence-electron chi connectivity index (χ1n) is 9.42. The molecule has 0 saturated carbocycles. The van der Waals surface area contributed by atoms with Crippen molar-refractivity contribution in [2.24, 2.45) is 0 Å². The van der Waals surface area contributed by atoms with Crippen molar-refractivity contribution in [2.45, 2.75) is 57.2 Å². The first-order valence-corrected chi connectivity index (χ1v) is 9.42. The molecule has 1 atom stereocenters. The lowest BCUT2D eigenvalue weighted by atomic mass is 10.0. The van der Waals surface area contributed by atoms with Gasteiger partial charge in [0.15, 0.2) is 5.60 Å². The van der Waals surface area contributed by atoms with Gasteiger partial charge in [-0.2, -0.15) is 13.2 Å². The number of carbonyl (C=O) groups is 1. The molecule has 1 saturated heterocycles. The summed E-state index contributed by atoms with van der Waals surface area (Å²) in [5.74, 6) is -0.277. The van der Waals surface area contributed by atoms with Crippen LogP contribution in [0.1, 0.15) is 50.2 Å².